The number of hydrogen-bond acceptors (Lipinski definition) is 4. The van der Waals surface area contributed by atoms with Crippen molar-refractivity contribution in [2.45, 2.75) is 37.9 Å². The summed E-state index contributed by atoms with van der Waals surface area (Å²) in [6.07, 6.45) is -5.72. The van der Waals surface area contributed by atoms with E-state index in [1.165, 1.54) is 31.2 Å². The van der Waals surface area contributed by atoms with E-state index in [-0.39, 0.29) is 23.4 Å². The molecule has 0 bridgehead atoms. The van der Waals surface area contributed by atoms with E-state index in [4.69, 9.17) is 16.9 Å². The molecule has 1 aliphatic rings. The topological polar surface area (TPSA) is 111 Å². The molecule has 2 rings (SSSR count). The Morgan fingerprint density at radius 2 is 2.00 bits per heavy atom. The molecule has 10 heteroatoms. The molecule has 0 aromatic heterocycles. The van der Waals surface area contributed by atoms with Gasteiger partial charge in [0.1, 0.15) is 11.6 Å². The molecule has 28 heavy (non-hydrogen) atoms. The maximum atomic E-state index is 13.6. The second-order valence-electron chi connectivity index (χ2n) is 6.54. The van der Waals surface area contributed by atoms with Crippen LogP contribution in [0.4, 0.5) is 13.2 Å². The smallest absolute Gasteiger partial charge is 0.429 e. The SMILES string of the molecule is CC1N=C(C(F)(F)F)C(C(=O)O)C(c2cccc(Cl)c2)C1(CCC#N)C(=O)O. The van der Waals surface area contributed by atoms with Gasteiger partial charge in [0.15, 0.2) is 0 Å². The average Bonchev–Trinajstić information content (AvgIpc) is 2.58. The molecular formula is C18H16ClF3N2O4. The van der Waals surface area contributed by atoms with E-state index in [0.717, 1.165) is 0 Å². The van der Waals surface area contributed by atoms with Crippen LogP contribution < -0.4 is 0 Å². The van der Waals surface area contributed by atoms with Crippen LogP contribution in [-0.4, -0.2) is 40.1 Å². The number of benzene rings is 1. The van der Waals surface area contributed by atoms with E-state index in [1.54, 1.807) is 6.07 Å². The summed E-state index contributed by atoms with van der Waals surface area (Å²) >= 11 is 5.93. The van der Waals surface area contributed by atoms with Gasteiger partial charge in [0, 0.05) is 17.4 Å². The van der Waals surface area contributed by atoms with Crippen molar-refractivity contribution in [1.82, 2.24) is 0 Å². The van der Waals surface area contributed by atoms with Crippen molar-refractivity contribution in [1.29, 1.82) is 5.26 Å². The zero-order valence-electron chi connectivity index (χ0n) is 14.6. The van der Waals surface area contributed by atoms with Gasteiger partial charge in [0.05, 0.1) is 17.5 Å². The minimum atomic E-state index is -5.06. The first-order valence-electron chi connectivity index (χ1n) is 8.20. The van der Waals surface area contributed by atoms with Crippen molar-refractivity contribution in [2.24, 2.45) is 16.3 Å². The predicted octanol–water partition coefficient (Wildman–Crippen LogP) is 3.90. The maximum absolute atomic E-state index is 13.6. The molecule has 1 aliphatic heterocycles. The number of aliphatic imine (C=N–C) groups is 1. The van der Waals surface area contributed by atoms with Crippen LogP contribution in [0, 0.1) is 22.7 Å². The number of carbonyl (C=O) groups is 2. The molecule has 0 saturated heterocycles. The van der Waals surface area contributed by atoms with Crippen LogP contribution in [0.1, 0.15) is 31.2 Å². The standard InChI is InChI=1S/C18H16ClF3N2O4/c1-9-17(16(27)28,6-3-7-23)13(10-4-2-5-11(19)8-10)12(15(25)26)14(24-9)18(20,21)22/h2,4-5,8-9,12-13H,3,6H2,1H3,(H,25,26)(H,27,28). The Bertz CT molecular complexity index is 865. The first-order chi connectivity index (χ1) is 13.0. The number of carboxylic acids is 2. The summed E-state index contributed by atoms with van der Waals surface area (Å²) < 4.78 is 40.7. The minimum absolute atomic E-state index is 0.0312. The molecule has 4 atom stereocenters. The Morgan fingerprint density at radius 1 is 1.36 bits per heavy atom. The van der Waals surface area contributed by atoms with Crippen LogP contribution in [0.25, 0.3) is 0 Å². The lowest BCUT2D eigenvalue weighted by atomic mass is 9.58. The van der Waals surface area contributed by atoms with E-state index < -0.39 is 47.1 Å². The van der Waals surface area contributed by atoms with Gasteiger partial charge < -0.3 is 10.2 Å². The van der Waals surface area contributed by atoms with Crippen molar-refractivity contribution in [3.63, 3.8) is 0 Å². The predicted molar refractivity (Wildman–Crippen MR) is 93.2 cm³/mol. The molecule has 1 heterocycles. The van der Waals surface area contributed by atoms with Crippen molar-refractivity contribution in [3.8, 4) is 6.07 Å². The van der Waals surface area contributed by atoms with Gasteiger partial charge in [-0.25, -0.2) is 0 Å². The fourth-order valence-electron chi connectivity index (χ4n) is 3.86. The molecule has 0 radical (unpaired) electrons. The first kappa shape index (κ1) is 21.7. The molecular weight excluding hydrogens is 401 g/mol. The molecule has 0 saturated carbocycles. The first-order valence-corrected chi connectivity index (χ1v) is 8.58. The third kappa shape index (κ3) is 3.69. The van der Waals surface area contributed by atoms with Crippen LogP contribution in [-0.2, 0) is 9.59 Å². The molecule has 2 N–H and O–H groups in total. The summed E-state index contributed by atoms with van der Waals surface area (Å²) in [5, 5.41) is 28.7. The third-order valence-electron chi connectivity index (χ3n) is 5.07. The Kier molecular flexibility index (Phi) is 6.04. The zero-order valence-corrected chi connectivity index (χ0v) is 15.3. The molecule has 0 spiro atoms. The number of nitrogens with zero attached hydrogens (tertiary/aromatic N) is 2. The summed E-state index contributed by atoms with van der Waals surface area (Å²) in [6, 6.07) is 5.77. The minimum Gasteiger partial charge on any atom is -0.481 e. The van der Waals surface area contributed by atoms with Gasteiger partial charge in [-0.05, 0) is 31.0 Å². The lowest BCUT2D eigenvalue weighted by Gasteiger charge is -2.46. The number of halogens is 4. The van der Waals surface area contributed by atoms with E-state index in [0.29, 0.717) is 0 Å². The molecule has 0 amide bonds. The molecule has 0 fully saturated rings. The monoisotopic (exact) mass is 416 g/mol. The molecule has 0 aliphatic carbocycles. The van der Waals surface area contributed by atoms with Gasteiger partial charge >= 0.3 is 18.1 Å². The lowest BCUT2D eigenvalue weighted by molar-refractivity contribution is -0.157. The van der Waals surface area contributed by atoms with Crippen molar-refractivity contribution < 1.29 is 33.0 Å². The highest BCUT2D eigenvalue weighted by Crippen LogP contribution is 2.53. The number of rotatable bonds is 5. The number of alkyl halides is 3. The number of nitriles is 1. The molecule has 6 nitrogen and oxygen atoms in total. The van der Waals surface area contributed by atoms with Gasteiger partial charge in [-0.3, -0.25) is 14.6 Å². The fraction of sp³-hybridized carbons (Fsp3) is 0.444. The Morgan fingerprint density at radius 3 is 2.46 bits per heavy atom. The van der Waals surface area contributed by atoms with Crippen LogP contribution in [0.3, 0.4) is 0 Å². The van der Waals surface area contributed by atoms with Crippen molar-refractivity contribution in [2.75, 3.05) is 0 Å². The molecule has 1 aromatic rings. The fourth-order valence-corrected chi connectivity index (χ4v) is 4.06. The molecule has 4 unspecified atom stereocenters. The summed E-state index contributed by atoms with van der Waals surface area (Å²) in [5.41, 5.74) is -3.55. The van der Waals surface area contributed by atoms with Crippen molar-refractivity contribution >= 4 is 29.3 Å². The van der Waals surface area contributed by atoms with Gasteiger partial charge in [0.2, 0.25) is 0 Å². The quantitative estimate of drug-likeness (QED) is 0.756. The Hall–Kier alpha value is -2.60. The lowest BCUT2D eigenvalue weighted by Crippen LogP contribution is -2.56. The van der Waals surface area contributed by atoms with Gasteiger partial charge in [0.25, 0.3) is 0 Å². The van der Waals surface area contributed by atoms with Crippen LogP contribution >= 0.6 is 11.6 Å². The average molecular weight is 417 g/mol. The van der Waals surface area contributed by atoms with Gasteiger partial charge in [-0.15, -0.1) is 0 Å². The summed E-state index contributed by atoms with van der Waals surface area (Å²) in [5.74, 6) is -7.25. The highest BCUT2D eigenvalue weighted by Gasteiger charge is 2.62. The third-order valence-corrected chi connectivity index (χ3v) is 5.31. The van der Waals surface area contributed by atoms with E-state index in [1.807, 2.05) is 0 Å². The van der Waals surface area contributed by atoms with E-state index in [9.17, 15) is 33.0 Å². The highest BCUT2D eigenvalue weighted by atomic mass is 35.5. The highest BCUT2D eigenvalue weighted by molar-refractivity contribution is 6.30. The number of carboxylic acid groups (broad SMARTS) is 2. The maximum Gasteiger partial charge on any atom is 0.429 e. The Balaban J connectivity index is 2.88. The van der Waals surface area contributed by atoms with E-state index >= 15 is 0 Å². The molecule has 150 valence electrons. The number of aliphatic carboxylic acids is 2. The van der Waals surface area contributed by atoms with Crippen LogP contribution in [0.5, 0.6) is 0 Å². The summed E-state index contributed by atoms with van der Waals surface area (Å²) in [6.45, 7) is 1.19. The second kappa shape index (κ2) is 7.80. The van der Waals surface area contributed by atoms with Crippen LogP contribution in [0.15, 0.2) is 29.3 Å². The zero-order chi connectivity index (χ0) is 21.3. The molecule has 1 aromatic carbocycles. The normalized spacial score (nSPS) is 27.6. The second-order valence-corrected chi connectivity index (χ2v) is 6.98. The largest absolute Gasteiger partial charge is 0.481 e. The Labute approximate surface area is 163 Å². The van der Waals surface area contributed by atoms with Crippen LogP contribution in [0.2, 0.25) is 5.02 Å². The van der Waals surface area contributed by atoms with Gasteiger partial charge in [-0.2, -0.15) is 18.4 Å². The summed E-state index contributed by atoms with van der Waals surface area (Å²) in [4.78, 5) is 27.7. The van der Waals surface area contributed by atoms with Crippen molar-refractivity contribution in [3.05, 3.63) is 34.9 Å². The van der Waals surface area contributed by atoms with E-state index in [2.05, 4.69) is 4.99 Å². The number of hydrogen-bond donors (Lipinski definition) is 2. The summed E-state index contributed by atoms with van der Waals surface area (Å²) in [7, 11) is 0. The van der Waals surface area contributed by atoms with Gasteiger partial charge in [-0.1, -0.05) is 23.7 Å².